The molecule has 1 atom stereocenters. The summed E-state index contributed by atoms with van der Waals surface area (Å²) in [5.41, 5.74) is -1.65. The lowest BCUT2D eigenvalue weighted by Gasteiger charge is -2.40. The molecule has 0 bridgehead atoms. The fourth-order valence-electron chi connectivity index (χ4n) is 2.68. The number of piperidine rings is 1. The van der Waals surface area contributed by atoms with Gasteiger partial charge in [0.25, 0.3) is 0 Å². The van der Waals surface area contributed by atoms with Crippen LogP contribution in [0.25, 0.3) is 0 Å². The van der Waals surface area contributed by atoms with Gasteiger partial charge in [-0.05, 0) is 31.4 Å². The maximum Gasteiger partial charge on any atom is 0.417 e. The van der Waals surface area contributed by atoms with Crippen LogP contribution in [-0.2, 0) is 11.0 Å². The molecule has 1 aromatic heterocycles. The molecule has 0 spiro atoms. The lowest BCUT2D eigenvalue weighted by atomic mass is 9.77. The van der Waals surface area contributed by atoms with Crippen molar-refractivity contribution in [2.24, 2.45) is 5.41 Å². The maximum absolute atomic E-state index is 12.5. The van der Waals surface area contributed by atoms with Crippen molar-refractivity contribution in [1.29, 1.82) is 0 Å². The van der Waals surface area contributed by atoms with Gasteiger partial charge >= 0.3 is 12.1 Å². The van der Waals surface area contributed by atoms with E-state index in [9.17, 15) is 23.1 Å². The number of halogens is 3. The highest BCUT2D eigenvalue weighted by molar-refractivity contribution is 5.76. The molecule has 116 valence electrons. The highest BCUT2D eigenvalue weighted by Gasteiger charge is 2.41. The molecule has 1 aliphatic rings. The lowest BCUT2D eigenvalue weighted by Crippen LogP contribution is -2.47. The van der Waals surface area contributed by atoms with Crippen molar-refractivity contribution in [2.75, 3.05) is 18.0 Å². The number of rotatable bonds is 3. The van der Waals surface area contributed by atoms with Gasteiger partial charge in [-0.25, -0.2) is 4.98 Å². The monoisotopic (exact) mass is 302 g/mol. The number of pyridine rings is 1. The van der Waals surface area contributed by atoms with Crippen molar-refractivity contribution >= 4 is 11.8 Å². The molecular weight excluding hydrogens is 285 g/mol. The van der Waals surface area contributed by atoms with Crippen LogP contribution >= 0.6 is 0 Å². The van der Waals surface area contributed by atoms with Crippen LogP contribution < -0.4 is 4.90 Å². The summed E-state index contributed by atoms with van der Waals surface area (Å²) < 4.78 is 37.5. The number of alkyl halides is 3. The molecule has 0 amide bonds. The van der Waals surface area contributed by atoms with Gasteiger partial charge in [0.1, 0.15) is 5.82 Å². The van der Waals surface area contributed by atoms with E-state index < -0.39 is 23.1 Å². The molecule has 0 radical (unpaired) electrons. The highest BCUT2D eigenvalue weighted by Crippen LogP contribution is 2.36. The Morgan fingerprint density at radius 2 is 2.19 bits per heavy atom. The molecule has 4 nitrogen and oxygen atoms in total. The van der Waals surface area contributed by atoms with Gasteiger partial charge < -0.3 is 10.0 Å². The van der Waals surface area contributed by atoms with E-state index in [-0.39, 0.29) is 6.54 Å². The molecule has 2 rings (SSSR count). The molecule has 1 fully saturated rings. The summed E-state index contributed by atoms with van der Waals surface area (Å²) in [5, 5.41) is 9.41. The van der Waals surface area contributed by atoms with Gasteiger partial charge in [-0.1, -0.05) is 6.92 Å². The van der Waals surface area contributed by atoms with E-state index in [0.717, 1.165) is 12.3 Å². The Morgan fingerprint density at radius 1 is 1.48 bits per heavy atom. The zero-order valence-electron chi connectivity index (χ0n) is 11.7. The molecule has 1 unspecified atom stereocenters. The summed E-state index contributed by atoms with van der Waals surface area (Å²) in [4.78, 5) is 17.1. The summed E-state index contributed by atoms with van der Waals surface area (Å²) in [6.07, 6.45) is -1.88. The van der Waals surface area contributed by atoms with Crippen LogP contribution in [0.1, 0.15) is 31.7 Å². The first-order valence-corrected chi connectivity index (χ1v) is 6.80. The Kier molecular flexibility index (Phi) is 4.11. The van der Waals surface area contributed by atoms with E-state index in [1.807, 2.05) is 6.92 Å². The van der Waals surface area contributed by atoms with Gasteiger partial charge in [0.05, 0.1) is 11.0 Å². The van der Waals surface area contributed by atoms with Crippen molar-refractivity contribution in [3.05, 3.63) is 23.9 Å². The fraction of sp³-hybridized carbons (Fsp3) is 0.571. The summed E-state index contributed by atoms with van der Waals surface area (Å²) in [6.45, 7) is 2.70. The van der Waals surface area contributed by atoms with E-state index >= 15 is 0 Å². The van der Waals surface area contributed by atoms with Crippen molar-refractivity contribution in [3.63, 3.8) is 0 Å². The Balaban J connectivity index is 2.20. The van der Waals surface area contributed by atoms with Crippen molar-refractivity contribution in [2.45, 2.75) is 32.4 Å². The van der Waals surface area contributed by atoms with E-state index in [1.54, 1.807) is 4.90 Å². The minimum Gasteiger partial charge on any atom is -0.481 e. The Labute approximate surface area is 120 Å². The Bertz CT molecular complexity index is 516. The lowest BCUT2D eigenvalue weighted by molar-refractivity contribution is -0.149. The average Bonchev–Trinajstić information content (AvgIpc) is 2.46. The zero-order valence-corrected chi connectivity index (χ0v) is 11.7. The Morgan fingerprint density at radius 3 is 2.67 bits per heavy atom. The van der Waals surface area contributed by atoms with Crippen molar-refractivity contribution in [3.8, 4) is 0 Å². The predicted octanol–water partition coefficient (Wildman–Crippen LogP) is 3.18. The molecule has 0 aromatic carbocycles. The topological polar surface area (TPSA) is 53.4 Å². The number of aromatic nitrogens is 1. The first kappa shape index (κ1) is 15.6. The van der Waals surface area contributed by atoms with Gasteiger partial charge in [-0.2, -0.15) is 13.2 Å². The van der Waals surface area contributed by atoms with Crippen LogP contribution in [0.3, 0.4) is 0 Å². The zero-order chi connectivity index (χ0) is 15.7. The predicted molar refractivity (Wildman–Crippen MR) is 71.0 cm³/mol. The molecule has 1 saturated heterocycles. The first-order chi connectivity index (χ1) is 9.78. The van der Waals surface area contributed by atoms with Gasteiger partial charge in [0, 0.05) is 19.3 Å². The number of anilines is 1. The van der Waals surface area contributed by atoms with Gasteiger partial charge in [0.2, 0.25) is 0 Å². The smallest absolute Gasteiger partial charge is 0.417 e. The highest BCUT2D eigenvalue weighted by atomic mass is 19.4. The second-order valence-corrected chi connectivity index (χ2v) is 5.37. The number of carbonyl (C=O) groups is 1. The van der Waals surface area contributed by atoms with Crippen LogP contribution in [0.15, 0.2) is 18.3 Å². The molecule has 1 aromatic rings. The summed E-state index contributed by atoms with van der Waals surface area (Å²) >= 11 is 0. The number of hydrogen-bond acceptors (Lipinski definition) is 3. The van der Waals surface area contributed by atoms with E-state index in [4.69, 9.17) is 0 Å². The number of nitrogens with zero attached hydrogens (tertiary/aromatic N) is 2. The second-order valence-electron chi connectivity index (χ2n) is 5.37. The minimum atomic E-state index is -4.42. The third-order valence-corrected chi connectivity index (χ3v) is 4.11. The SMILES string of the molecule is CCC1(C(=O)O)CCCN(c2ccc(C(F)(F)F)cn2)C1. The molecular formula is C14H17F3N2O2. The van der Waals surface area contributed by atoms with Crippen molar-refractivity contribution < 1.29 is 23.1 Å². The van der Waals surface area contributed by atoms with Crippen LogP contribution in [0.4, 0.5) is 19.0 Å². The van der Waals surface area contributed by atoms with Crippen LogP contribution in [0.5, 0.6) is 0 Å². The van der Waals surface area contributed by atoms with Gasteiger partial charge in [0.15, 0.2) is 0 Å². The average molecular weight is 302 g/mol. The van der Waals surface area contributed by atoms with Crippen LogP contribution in [0.2, 0.25) is 0 Å². The number of carboxylic acids is 1. The molecule has 7 heteroatoms. The molecule has 21 heavy (non-hydrogen) atoms. The molecule has 0 saturated carbocycles. The van der Waals surface area contributed by atoms with Crippen LogP contribution in [-0.4, -0.2) is 29.1 Å². The third-order valence-electron chi connectivity index (χ3n) is 4.11. The van der Waals surface area contributed by atoms with E-state index in [2.05, 4.69) is 4.98 Å². The summed E-state index contributed by atoms with van der Waals surface area (Å²) in [5.74, 6) is -0.469. The number of carboxylic acid groups (broad SMARTS) is 1. The van der Waals surface area contributed by atoms with E-state index in [1.165, 1.54) is 6.07 Å². The summed E-state index contributed by atoms with van der Waals surface area (Å²) in [6, 6.07) is 2.28. The third kappa shape index (κ3) is 3.11. The fourth-order valence-corrected chi connectivity index (χ4v) is 2.68. The van der Waals surface area contributed by atoms with Gasteiger partial charge in [-0.15, -0.1) is 0 Å². The van der Waals surface area contributed by atoms with Crippen LogP contribution in [0, 0.1) is 5.41 Å². The number of hydrogen-bond donors (Lipinski definition) is 1. The largest absolute Gasteiger partial charge is 0.481 e. The van der Waals surface area contributed by atoms with Crippen molar-refractivity contribution in [1.82, 2.24) is 4.98 Å². The standard InChI is InChI=1S/C14H17F3N2O2/c1-2-13(12(20)21)6-3-7-19(9-13)11-5-4-10(8-18-11)14(15,16)17/h4-5,8H,2-3,6-7,9H2,1H3,(H,20,21). The quantitative estimate of drug-likeness (QED) is 0.931. The molecule has 1 N–H and O–H groups in total. The number of aliphatic carboxylic acids is 1. The molecule has 2 heterocycles. The summed E-state index contributed by atoms with van der Waals surface area (Å²) in [7, 11) is 0. The minimum absolute atomic E-state index is 0.275. The normalized spacial score (nSPS) is 23.1. The second kappa shape index (κ2) is 5.54. The van der Waals surface area contributed by atoms with E-state index in [0.29, 0.717) is 31.6 Å². The molecule has 1 aliphatic heterocycles. The molecule has 0 aliphatic carbocycles. The Hall–Kier alpha value is -1.79. The first-order valence-electron chi connectivity index (χ1n) is 6.80. The maximum atomic E-state index is 12.5. The van der Waals surface area contributed by atoms with Gasteiger partial charge in [-0.3, -0.25) is 4.79 Å².